The van der Waals surface area contributed by atoms with Gasteiger partial charge in [0.05, 0.1) is 0 Å². The van der Waals surface area contributed by atoms with Crippen LogP contribution >= 0.6 is 0 Å². The van der Waals surface area contributed by atoms with Crippen molar-refractivity contribution in [3.05, 3.63) is 0 Å². The molecule has 0 aliphatic heterocycles. The Bertz CT molecular complexity index is 332. The van der Waals surface area contributed by atoms with Gasteiger partial charge in [-0.1, -0.05) is 0 Å². The van der Waals surface area contributed by atoms with Gasteiger partial charge in [0.25, 0.3) is 0 Å². The zero-order chi connectivity index (χ0) is 9.57. The van der Waals surface area contributed by atoms with Crippen LogP contribution in [0.2, 0.25) is 0 Å². The normalized spacial score (nSPS) is 31.2. The monoisotopic (exact) mass is 220 g/mol. The van der Waals surface area contributed by atoms with E-state index in [0.717, 1.165) is 0 Å². The molecule has 0 heterocycles. The molecule has 0 aromatic rings. The smallest absolute Gasteiger partial charge is 0.195 e. The van der Waals surface area contributed by atoms with E-state index in [-0.39, 0.29) is 12.8 Å². The summed E-state index contributed by atoms with van der Waals surface area (Å²) in [5.41, 5.74) is 0. The van der Waals surface area contributed by atoms with Crippen LogP contribution in [0.4, 0.5) is 7.77 Å². The highest BCUT2D eigenvalue weighted by Crippen LogP contribution is 2.34. The molecule has 4 nitrogen and oxygen atoms in total. The van der Waals surface area contributed by atoms with Gasteiger partial charge in [-0.3, -0.25) is 0 Å². The van der Waals surface area contributed by atoms with Crippen molar-refractivity contribution in [2.45, 2.75) is 23.3 Å². The Balaban J connectivity index is 2.90. The molecule has 72 valence electrons. The quantitative estimate of drug-likeness (QED) is 0.620. The minimum atomic E-state index is -4.92. The largest absolute Gasteiger partial charge is 0.306 e. The predicted octanol–water partition coefficient (Wildman–Crippen LogP) is 0.116. The summed E-state index contributed by atoms with van der Waals surface area (Å²) in [6.07, 6.45) is -0.265. The standard InChI is InChI=1S/C4H6F2O4S2/c5-11(7,8)3-1-2-4(3)12(6,9)10/h3-4H,1-2H2. The molecule has 0 N–H and O–H groups in total. The maximum atomic E-state index is 12.2. The van der Waals surface area contributed by atoms with Crippen molar-refractivity contribution in [1.29, 1.82) is 0 Å². The molecule has 0 amide bonds. The summed E-state index contributed by atoms with van der Waals surface area (Å²) in [5, 5.41) is -3.40. The Morgan fingerprint density at radius 2 is 1.08 bits per heavy atom. The van der Waals surface area contributed by atoms with Crippen LogP contribution in [0.1, 0.15) is 12.8 Å². The SMILES string of the molecule is O=S(=O)(F)C1CCC1S(=O)(=O)F. The van der Waals surface area contributed by atoms with Crippen molar-refractivity contribution in [1.82, 2.24) is 0 Å². The summed E-state index contributed by atoms with van der Waals surface area (Å²) < 4.78 is 65.0. The fourth-order valence-electron chi connectivity index (χ4n) is 1.08. The third-order valence-corrected chi connectivity index (χ3v) is 4.62. The van der Waals surface area contributed by atoms with Crippen molar-refractivity contribution in [2.75, 3.05) is 0 Å². The summed E-state index contributed by atoms with van der Waals surface area (Å²) in [5.74, 6) is 0. The molecule has 0 bridgehead atoms. The topological polar surface area (TPSA) is 68.3 Å². The van der Waals surface area contributed by atoms with E-state index in [1.807, 2.05) is 0 Å². The van der Waals surface area contributed by atoms with Crippen molar-refractivity contribution < 1.29 is 24.6 Å². The van der Waals surface area contributed by atoms with E-state index in [1.165, 1.54) is 0 Å². The summed E-state index contributed by atoms with van der Waals surface area (Å²) in [6.45, 7) is 0. The van der Waals surface area contributed by atoms with E-state index < -0.39 is 30.9 Å². The minimum Gasteiger partial charge on any atom is -0.195 e. The zero-order valence-electron chi connectivity index (χ0n) is 5.77. The summed E-state index contributed by atoms with van der Waals surface area (Å²) in [7, 11) is -9.84. The highest BCUT2D eigenvalue weighted by Gasteiger charge is 2.49. The van der Waals surface area contributed by atoms with Gasteiger partial charge in [0.2, 0.25) is 0 Å². The second-order valence-electron chi connectivity index (χ2n) is 2.61. The van der Waals surface area contributed by atoms with Crippen molar-refractivity contribution in [3.63, 3.8) is 0 Å². The summed E-state index contributed by atoms with van der Waals surface area (Å²) >= 11 is 0. The second kappa shape index (κ2) is 2.63. The average Bonchev–Trinajstić information content (AvgIpc) is 1.46. The number of hydrogen-bond acceptors (Lipinski definition) is 4. The molecule has 12 heavy (non-hydrogen) atoms. The lowest BCUT2D eigenvalue weighted by Gasteiger charge is -2.29. The van der Waals surface area contributed by atoms with Gasteiger partial charge in [0.1, 0.15) is 10.5 Å². The highest BCUT2D eigenvalue weighted by molar-refractivity contribution is 7.91. The molecule has 0 aromatic heterocycles. The van der Waals surface area contributed by atoms with Gasteiger partial charge in [0.15, 0.2) is 0 Å². The maximum absolute atomic E-state index is 12.2. The molecule has 0 aromatic carbocycles. The summed E-state index contributed by atoms with van der Waals surface area (Å²) in [6, 6.07) is 0. The molecule has 1 saturated carbocycles. The van der Waals surface area contributed by atoms with Crippen molar-refractivity contribution in [2.24, 2.45) is 0 Å². The lowest BCUT2D eigenvalue weighted by atomic mass is 9.99. The van der Waals surface area contributed by atoms with Crippen LogP contribution in [0.3, 0.4) is 0 Å². The predicted molar refractivity (Wildman–Crippen MR) is 36.9 cm³/mol. The average molecular weight is 220 g/mol. The van der Waals surface area contributed by atoms with Crippen molar-refractivity contribution in [3.8, 4) is 0 Å². The van der Waals surface area contributed by atoms with Crippen LogP contribution in [0.5, 0.6) is 0 Å². The number of rotatable bonds is 2. The van der Waals surface area contributed by atoms with E-state index in [4.69, 9.17) is 0 Å². The maximum Gasteiger partial charge on any atom is 0.306 e. The highest BCUT2D eigenvalue weighted by atomic mass is 32.3. The first-order valence-corrected chi connectivity index (χ1v) is 5.99. The van der Waals surface area contributed by atoms with E-state index in [9.17, 15) is 24.6 Å². The van der Waals surface area contributed by atoms with Crippen LogP contribution in [0, 0.1) is 0 Å². The van der Waals surface area contributed by atoms with Crippen molar-refractivity contribution >= 4 is 20.4 Å². The number of hydrogen-bond donors (Lipinski definition) is 0. The third-order valence-electron chi connectivity index (χ3n) is 1.87. The molecule has 2 unspecified atom stereocenters. The molecule has 2 atom stereocenters. The fraction of sp³-hybridized carbons (Fsp3) is 1.00. The lowest BCUT2D eigenvalue weighted by Crippen LogP contribution is -2.45. The fourth-order valence-corrected chi connectivity index (χ4v) is 3.71. The van der Waals surface area contributed by atoms with Crippen LogP contribution in [-0.2, 0) is 20.4 Å². The first-order chi connectivity index (χ1) is 5.23. The van der Waals surface area contributed by atoms with E-state index in [2.05, 4.69) is 0 Å². The van der Waals surface area contributed by atoms with Gasteiger partial charge in [-0.15, -0.1) is 7.77 Å². The molecule has 8 heteroatoms. The first kappa shape index (κ1) is 9.85. The summed E-state index contributed by atoms with van der Waals surface area (Å²) in [4.78, 5) is 0. The van der Waals surface area contributed by atoms with Crippen LogP contribution in [0.25, 0.3) is 0 Å². The minimum absolute atomic E-state index is 0.132. The Morgan fingerprint density at radius 1 is 0.833 bits per heavy atom. The molecule has 1 aliphatic carbocycles. The van der Waals surface area contributed by atoms with Crippen LogP contribution in [0.15, 0.2) is 0 Å². The first-order valence-electron chi connectivity index (χ1n) is 3.10. The Morgan fingerprint density at radius 3 is 1.17 bits per heavy atom. The van der Waals surface area contributed by atoms with E-state index in [0.29, 0.717) is 0 Å². The Kier molecular flexibility index (Phi) is 2.15. The van der Waals surface area contributed by atoms with Gasteiger partial charge in [-0.25, -0.2) is 0 Å². The van der Waals surface area contributed by atoms with Gasteiger partial charge in [0, 0.05) is 0 Å². The molecule has 0 radical (unpaired) electrons. The molecule has 0 spiro atoms. The third kappa shape index (κ3) is 1.74. The van der Waals surface area contributed by atoms with Gasteiger partial charge in [-0.2, -0.15) is 16.8 Å². The number of halogens is 2. The van der Waals surface area contributed by atoms with E-state index in [1.54, 1.807) is 0 Å². The van der Waals surface area contributed by atoms with Gasteiger partial charge >= 0.3 is 20.4 Å². The Labute approximate surface area is 69.0 Å². The molecular weight excluding hydrogens is 214 g/mol. The van der Waals surface area contributed by atoms with E-state index >= 15 is 0 Å². The molecular formula is C4H6F2O4S2. The van der Waals surface area contributed by atoms with Gasteiger partial charge in [-0.05, 0) is 12.8 Å². The molecule has 1 fully saturated rings. The molecule has 1 rings (SSSR count). The van der Waals surface area contributed by atoms with Gasteiger partial charge < -0.3 is 0 Å². The molecule has 1 aliphatic rings. The lowest BCUT2D eigenvalue weighted by molar-refractivity contribution is 0.426. The zero-order valence-corrected chi connectivity index (χ0v) is 7.41. The molecule has 0 saturated heterocycles. The van der Waals surface area contributed by atoms with Crippen LogP contribution in [-0.4, -0.2) is 27.3 Å². The second-order valence-corrected chi connectivity index (χ2v) is 5.72. The van der Waals surface area contributed by atoms with Crippen LogP contribution < -0.4 is 0 Å². The Hall–Kier alpha value is -0.240.